The van der Waals surface area contributed by atoms with Gasteiger partial charge in [-0.3, -0.25) is 13.9 Å². The van der Waals surface area contributed by atoms with Crippen LogP contribution in [0.4, 0.5) is 0 Å². The standard InChI is InChI=1S/C9H13NO7P2/c1-2-9(11)6-3-10-8(5-19(15,16)17)7(6)4-18(12,13)14/h2-3,10H,1,4-5H2,(H2,12,13,14)(H2,15,16,17). The Hall–Kier alpha value is -1.01. The fourth-order valence-electron chi connectivity index (χ4n) is 1.56. The Morgan fingerprint density at radius 2 is 1.74 bits per heavy atom. The number of carbonyl (C=O) groups is 1. The lowest BCUT2D eigenvalue weighted by atomic mass is 10.1. The number of hydrogen-bond acceptors (Lipinski definition) is 3. The third-order valence-corrected chi connectivity index (χ3v) is 3.72. The highest BCUT2D eigenvalue weighted by atomic mass is 31.2. The number of carbonyl (C=O) groups excluding carboxylic acids is 1. The lowest BCUT2D eigenvalue weighted by Gasteiger charge is -2.08. The summed E-state index contributed by atoms with van der Waals surface area (Å²) in [5.41, 5.74) is -0.217. The molecule has 0 amide bonds. The van der Waals surface area contributed by atoms with E-state index in [2.05, 4.69) is 11.6 Å². The number of nitrogens with one attached hydrogen (secondary N) is 1. The van der Waals surface area contributed by atoms with Crippen molar-refractivity contribution in [3.8, 4) is 0 Å². The molecule has 1 aromatic heterocycles. The smallest absolute Gasteiger partial charge is 0.331 e. The normalized spacial score (nSPS) is 12.4. The Morgan fingerprint density at radius 1 is 1.21 bits per heavy atom. The molecule has 0 fully saturated rings. The molecule has 8 nitrogen and oxygen atoms in total. The van der Waals surface area contributed by atoms with Crippen molar-refractivity contribution in [2.24, 2.45) is 0 Å². The van der Waals surface area contributed by atoms with E-state index in [0.29, 0.717) is 0 Å². The maximum atomic E-state index is 11.5. The summed E-state index contributed by atoms with van der Waals surface area (Å²) in [6.07, 6.45) is 0.598. The number of rotatable bonds is 6. The lowest BCUT2D eigenvalue weighted by Crippen LogP contribution is -2.01. The van der Waals surface area contributed by atoms with Crippen molar-refractivity contribution in [3.05, 3.63) is 35.7 Å². The van der Waals surface area contributed by atoms with Crippen LogP contribution in [0.2, 0.25) is 0 Å². The summed E-state index contributed by atoms with van der Waals surface area (Å²) < 4.78 is 22.0. The van der Waals surface area contributed by atoms with E-state index in [1.807, 2.05) is 0 Å². The quantitative estimate of drug-likeness (QED) is 0.295. The Balaban J connectivity index is 3.29. The fraction of sp³-hybridized carbons (Fsp3) is 0.222. The van der Waals surface area contributed by atoms with Crippen molar-refractivity contribution in [1.29, 1.82) is 0 Å². The predicted molar refractivity (Wildman–Crippen MR) is 66.8 cm³/mol. The summed E-state index contributed by atoms with van der Waals surface area (Å²) in [6, 6.07) is 0. The minimum Gasteiger partial charge on any atom is -0.363 e. The van der Waals surface area contributed by atoms with Gasteiger partial charge in [0.15, 0.2) is 5.78 Å². The fourth-order valence-corrected chi connectivity index (χ4v) is 3.03. The van der Waals surface area contributed by atoms with E-state index >= 15 is 0 Å². The van der Waals surface area contributed by atoms with E-state index in [0.717, 1.165) is 12.3 Å². The highest BCUT2D eigenvalue weighted by Crippen LogP contribution is 2.45. The summed E-state index contributed by atoms with van der Waals surface area (Å²) in [4.78, 5) is 49.7. The molecule has 0 unspecified atom stereocenters. The van der Waals surface area contributed by atoms with E-state index in [1.165, 1.54) is 0 Å². The van der Waals surface area contributed by atoms with Crippen LogP contribution in [0, 0.1) is 0 Å². The van der Waals surface area contributed by atoms with Crippen LogP contribution in [-0.4, -0.2) is 30.3 Å². The number of ketones is 1. The van der Waals surface area contributed by atoms with Crippen LogP contribution in [0.5, 0.6) is 0 Å². The molecule has 10 heteroatoms. The summed E-state index contributed by atoms with van der Waals surface area (Å²) in [5.74, 6) is -0.586. The molecule has 106 valence electrons. The Labute approximate surface area is 108 Å². The summed E-state index contributed by atoms with van der Waals surface area (Å²) >= 11 is 0. The van der Waals surface area contributed by atoms with Gasteiger partial charge in [0.2, 0.25) is 0 Å². The zero-order chi connectivity index (χ0) is 14.8. The zero-order valence-corrected chi connectivity index (χ0v) is 11.5. The molecule has 5 N–H and O–H groups in total. The van der Waals surface area contributed by atoms with Gasteiger partial charge < -0.3 is 24.6 Å². The van der Waals surface area contributed by atoms with Crippen LogP contribution in [0.3, 0.4) is 0 Å². The largest absolute Gasteiger partial charge is 0.363 e. The van der Waals surface area contributed by atoms with Crippen LogP contribution in [0.1, 0.15) is 21.6 Å². The minimum absolute atomic E-state index is 0.0539. The van der Waals surface area contributed by atoms with Crippen LogP contribution in [0.15, 0.2) is 18.9 Å². The molecule has 0 radical (unpaired) electrons. The minimum atomic E-state index is -4.48. The van der Waals surface area contributed by atoms with Gasteiger partial charge in [-0.05, 0) is 11.6 Å². The molecule has 0 saturated heterocycles. The molecule has 0 atom stereocenters. The number of H-pyrrole nitrogens is 1. The third kappa shape index (κ3) is 4.87. The van der Waals surface area contributed by atoms with Gasteiger partial charge in [-0.2, -0.15) is 0 Å². The van der Waals surface area contributed by atoms with Crippen molar-refractivity contribution in [1.82, 2.24) is 4.98 Å². The van der Waals surface area contributed by atoms with Crippen molar-refractivity contribution in [2.75, 3.05) is 0 Å². The summed E-state index contributed by atoms with van der Waals surface area (Å²) in [7, 11) is -8.91. The summed E-state index contributed by atoms with van der Waals surface area (Å²) in [6.45, 7) is 3.25. The Bertz CT molecular complexity index is 594. The second-order valence-electron chi connectivity index (χ2n) is 3.87. The molecule has 1 aromatic rings. The van der Waals surface area contributed by atoms with Crippen LogP contribution < -0.4 is 0 Å². The maximum absolute atomic E-state index is 11.5. The molecule has 0 spiro atoms. The van der Waals surface area contributed by atoms with Crippen molar-refractivity contribution >= 4 is 21.0 Å². The molecule has 0 aliphatic heterocycles. The first kappa shape index (κ1) is 16.0. The van der Waals surface area contributed by atoms with Gasteiger partial charge in [-0.25, -0.2) is 0 Å². The van der Waals surface area contributed by atoms with Gasteiger partial charge in [-0.15, -0.1) is 0 Å². The Kier molecular flexibility index (Phi) is 4.68. The second-order valence-corrected chi connectivity index (χ2v) is 7.16. The van der Waals surface area contributed by atoms with Gasteiger partial charge in [0, 0.05) is 17.5 Å². The molecule has 1 rings (SSSR count). The van der Waals surface area contributed by atoms with E-state index in [1.54, 1.807) is 0 Å². The number of allylic oxidation sites excluding steroid dienone is 1. The van der Waals surface area contributed by atoms with E-state index in [4.69, 9.17) is 19.6 Å². The summed E-state index contributed by atoms with van der Waals surface area (Å²) in [5, 5.41) is 0. The molecular formula is C9H13NO7P2. The van der Waals surface area contributed by atoms with Crippen LogP contribution >= 0.6 is 15.2 Å². The van der Waals surface area contributed by atoms with Crippen LogP contribution in [0.25, 0.3) is 0 Å². The SMILES string of the molecule is C=CC(=O)c1c[nH]c(CP(=O)(O)O)c1CP(=O)(O)O. The van der Waals surface area contributed by atoms with Gasteiger partial charge >= 0.3 is 15.2 Å². The van der Waals surface area contributed by atoms with Gasteiger partial charge in [0.25, 0.3) is 0 Å². The van der Waals surface area contributed by atoms with Crippen LogP contribution in [-0.2, 0) is 21.5 Å². The molecule has 0 aliphatic rings. The second kappa shape index (κ2) is 5.54. The topological polar surface area (TPSA) is 148 Å². The Morgan fingerprint density at radius 3 is 2.16 bits per heavy atom. The van der Waals surface area contributed by atoms with Gasteiger partial charge in [-0.1, -0.05) is 6.58 Å². The average Bonchev–Trinajstić information content (AvgIpc) is 2.56. The van der Waals surface area contributed by atoms with E-state index < -0.39 is 33.3 Å². The van der Waals surface area contributed by atoms with E-state index in [-0.39, 0.29) is 16.8 Å². The van der Waals surface area contributed by atoms with Crippen molar-refractivity contribution in [3.63, 3.8) is 0 Å². The van der Waals surface area contributed by atoms with E-state index in [9.17, 15) is 13.9 Å². The molecule has 0 bridgehead atoms. The molecule has 19 heavy (non-hydrogen) atoms. The predicted octanol–water partition coefficient (Wildman–Crippen LogP) is 0.739. The number of aromatic amines is 1. The first-order chi connectivity index (χ1) is 8.53. The van der Waals surface area contributed by atoms with Crippen molar-refractivity contribution in [2.45, 2.75) is 12.3 Å². The first-order valence-electron chi connectivity index (χ1n) is 4.98. The van der Waals surface area contributed by atoms with Gasteiger partial charge in [0.05, 0.1) is 12.3 Å². The molecule has 0 aliphatic carbocycles. The first-order valence-corrected chi connectivity index (χ1v) is 8.58. The van der Waals surface area contributed by atoms with Gasteiger partial charge in [0.1, 0.15) is 0 Å². The molecular weight excluding hydrogens is 296 g/mol. The van der Waals surface area contributed by atoms with Crippen molar-refractivity contribution < 1.29 is 33.5 Å². The number of aromatic nitrogens is 1. The zero-order valence-electron chi connectivity index (χ0n) is 9.68. The average molecular weight is 309 g/mol. The monoisotopic (exact) mass is 309 g/mol. The lowest BCUT2D eigenvalue weighted by molar-refractivity contribution is 0.104. The molecule has 0 saturated carbocycles. The molecule has 1 heterocycles. The molecule has 0 aromatic carbocycles. The highest BCUT2D eigenvalue weighted by molar-refractivity contribution is 7.51. The third-order valence-electron chi connectivity index (χ3n) is 2.26. The number of hydrogen-bond donors (Lipinski definition) is 5. The highest BCUT2D eigenvalue weighted by Gasteiger charge is 2.26. The maximum Gasteiger partial charge on any atom is 0.331 e.